The van der Waals surface area contributed by atoms with Crippen LogP contribution in [0.3, 0.4) is 0 Å². The summed E-state index contributed by atoms with van der Waals surface area (Å²) in [7, 11) is 0. The molecule has 2 aromatic rings. The van der Waals surface area contributed by atoms with E-state index in [1.165, 1.54) is 23.5 Å². The maximum Gasteiger partial charge on any atom is 0.387 e. The molecule has 1 N–H and O–H groups in total. The van der Waals surface area contributed by atoms with Gasteiger partial charge >= 0.3 is 6.61 Å². The Labute approximate surface area is 157 Å². The van der Waals surface area contributed by atoms with Crippen molar-refractivity contribution in [2.24, 2.45) is 5.16 Å². The zero-order valence-corrected chi connectivity index (χ0v) is 15.2. The lowest BCUT2D eigenvalue weighted by atomic mass is 10.1. The van der Waals surface area contributed by atoms with Gasteiger partial charge in [0.25, 0.3) is 5.91 Å². The van der Waals surface area contributed by atoms with E-state index in [9.17, 15) is 13.6 Å². The molecule has 3 rings (SSSR count). The Kier molecular flexibility index (Phi) is 5.73. The number of carbonyl (C=O) groups is 1. The van der Waals surface area contributed by atoms with E-state index in [2.05, 4.69) is 15.2 Å². The first kappa shape index (κ1) is 18.6. The predicted octanol–water partition coefficient (Wildman–Crippen LogP) is 4.37. The topological polar surface area (TPSA) is 59.9 Å². The molecular formula is C17H15ClF2N2O3S. The summed E-state index contributed by atoms with van der Waals surface area (Å²) in [6.45, 7) is -1.15. The van der Waals surface area contributed by atoms with Crippen molar-refractivity contribution < 1.29 is 23.1 Å². The average molecular weight is 401 g/mol. The summed E-state index contributed by atoms with van der Waals surface area (Å²) < 4.78 is 29.6. The number of rotatable bonds is 6. The monoisotopic (exact) mass is 400 g/mol. The molecule has 5 nitrogen and oxygen atoms in total. The number of oxime groups is 1. The number of carbonyl (C=O) groups excluding carboxylic acids is 1. The zero-order valence-electron chi connectivity index (χ0n) is 13.6. The van der Waals surface area contributed by atoms with Crippen LogP contribution in [0.2, 0.25) is 4.34 Å². The van der Waals surface area contributed by atoms with Crippen LogP contribution in [-0.4, -0.2) is 24.3 Å². The van der Waals surface area contributed by atoms with Gasteiger partial charge in [-0.3, -0.25) is 4.79 Å². The maximum atomic E-state index is 12.4. The maximum absolute atomic E-state index is 12.4. The largest absolute Gasteiger partial charge is 0.435 e. The van der Waals surface area contributed by atoms with Gasteiger partial charge < -0.3 is 14.9 Å². The fourth-order valence-corrected chi connectivity index (χ4v) is 3.52. The van der Waals surface area contributed by atoms with Gasteiger partial charge in [0.05, 0.1) is 15.3 Å². The first-order valence-corrected chi connectivity index (χ1v) is 8.95. The Morgan fingerprint density at radius 2 is 2.23 bits per heavy atom. The van der Waals surface area contributed by atoms with Gasteiger partial charge in [-0.15, -0.1) is 11.3 Å². The van der Waals surface area contributed by atoms with Gasteiger partial charge in [0.15, 0.2) is 0 Å². The van der Waals surface area contributed by atoms with Crippen molar-refractivity contribution in [3.8, 4) is 5.75 Å². The van der Waals surface area contributed by atoms with E-state index in [4.69, 9.17) is 16.4 Å². The van der Waals surface area contributed by atoms with Gasteiger partial charge in [-0.25, -0.2) is 0 Å². The van der Waals surface area contributed by atoms with Crippen molar-refractivity contribution in [2.45, 2.75) is 32.1 Å². The summed E-state index contributed by atoms with van der Waals surface area (Å²) in [4.78, 5) is 18.5. The highest BCUT2D eigenvalue weighted by atomic mass is 35.5. The highest BCUT2D eigenvalue weighted by Gasteiger charge is 2.30. The number of thiophene rings is 1. The molecule has 0 bridgehead atoms. The fraction of sp³-hybridized carbons (Fsp3) is 0.294. The van der Waals surface area contributed by atoms with Gasteiger partial charge in [0.1, 0.15) is 11.5 Å². The number of halogens is 3. The minimum atomic E-state index is -2.90. The molecule has 0 spiro atoms. The molecule has 0 saturated heterocycles. The SMILES string of the molecule is C[C@H](NC(=O)[C@@H]1CC(c2ccc(Cl)s2)=NO1)c1cccc(OC(F)F)c1. The molecule has 26 heavy (non-hydrogen) atoms. The third kappa shape index (κ3) is 4.50. The van der Waals surface area contributed by atoms with Crippen molar-refractivity contribution in [2.75, 3.05) is 0 Å². The second kappa shape index (κ2) is 8.01. The lowest BCUT2D eigenvalue weighted by molar-refractivity contribution is -0.131. The first-order valence-electron chi connectivity index (χ1n) is 7.76. The number of amides is 1. The van der Waals surface area contributed by atoms with Crippen LogP contribution < -0.4 is 10.1 Å². The fourth-order valence-electron chi connectivity index (χ4n) is 2.48. The molecule has 1 aliphatic heterocycles. The zero-order chi connectivity index (χ0) is 18.7. The number of hydrogen-bond donors (Lipinski definition) is 1. The second-order valence-corrected chi connectivity index (χ2v) is 7.34. The Balaban J connectivity index is 1.58. The number of ether oxygens (including phenoxy) is 1. The standard InChI is InChI=1S/C17H15ClF2N2O3S/c1-9(10-3-2-4-11(7-10)24-17(19)20)21-16(23)13-8-12(22-25-13)14-5-6-15(18)26-14/h2-7,9,13,17H,8H2,1H3,(H,21,23)/t9-,13-/m0/s1. The minimum Gasteiger partial charge on any atom is -0.435 e. The van der Waals surface area contributed by atoms with Crippen LogP contribution in [0.15, 0.2) is 41.6 Å². The number of alkyl halides is 2. The second-order valence-electron chi connectivity index (χ2n) is 5.62. The first-order chi connectivity index (χ1) is 12.4. The van der Waals surface area contributed by atoms with Crippen molar-refractivity contribution in [1.82, 2.24) is 5.32 Å². The summed E-state index contributed by atoms with van der Waals surface area (Å²) in [5.74, 6) is -0.296. The summed E-state index contributed by atoms with van der Waals surface area (Å²) in [5, 5.41) is 6.75. The third-order valence-corrected chi connectivity index (χ3v) is 5.04. The van der Waals surface area contributed by atoms with Crippen LogP contribution in [0.1, 0.15) is 29.8 Å². The molecule has 138 valence electrons. The summed E-state index contributed by atoms with van der Waals surface area (Å²) >= 11 is 7.27. The van der Waals surface area contributed by atoms with Crippen molar-refractivity contribution in [1.29, 1.82) is 0 Å². The summed E-state index contributed by atoms with van der Waals surface area (Å²) in [6.07, 6.45) is -0.405. The van der Waals surface area contributed by atoms with E-state index in [0.29, 0.717) is 22.0 Å². The lowest BCUT2D eigenvalue weighted by Gasteiger charge is -2.17. The Bertz CT molecular complexity index is 828. The number of nitrogens with one attached hydrogen (secondary N) is 1. The number of hydrogen-bond acceptors (Lipinski definition) is 5. The normalized spacial score (nSPS) is 17.6. The van der Waals surface area contributed by atoms with E-state index >= 15 is 0 Å². The molecule has 0 saturated carbocycles. The van der Waals surface area contributed by atoms with Gasteiger partial charge in [-0.05, 0) is 36.8 Å². The van der Waals surface area contributed by atoms with Crippen LogP contribution in [0, 0.1) is 0 Å². The summed E-state index contributed by atoms with van der Waals surface area (Å²) in [6, 6.07) is 9.37. The molecule has 0 radical (unpaired) electrons. The van der Waals surface area contributed by atoms with Crippen LogP contribution in [0.5, 0.6) is 5.75 Å². The van der Waals surface area contributed by atoms with Crippen LogP contribution in [-0.2, 0) is 9.63 Å². The molecule has 0 aliphatic carbocycles. The van der Waals surface area contributed by atoms with E-state index in [1.807, 2.05) is 6.07 Å². The van der Waals surface area contributed by atoms with Gasteiger partial charge in [0, 0.05) is 6.42 Å². The molecule has 1 amide bonds. The molecule has 0 unspecified atom stereocenters. The highest BCUT2D eigenvalue weighted by molar-refractivity contribution is 7.18. The minimum absolute atomic E-state index is 0.0379. The molecule has 1 aliphatic rings. The van der Waals surface area contributed by atoms with Gasteiger partial charge in [-0.2, -0.15) is 8.78 Å². The lowest BCUT2D eigenvalue weighted by Crippen LogP contribution is -2.36. The Morgan fingerprint density at radius 3 is 2.92 bits per heavy atom. The highest BCUT2D eigenvalue weighted by Crippen LogP contribution is 2.27. The smallest absolute Gasteiger partial charge is 0.387 e. The van der Waals surface area contributed by atoms with Crippen molar-refractivity contribution in [3.05, 3.63) is 51.2 Å². The average Bonchev–Trinajstić information content (AvgIpc) is 3.23. The van der Waals surface area contributed by atoms with Crippen molar-refractivity contribution in [3.63, 3.8) is 0 Å². The van der Waals surface area contributed by atoms with Gasteiger partial charge in [-0.1, -0.05) is 28.9 Å². The molecule has 1 aromatic heterocycles. The Morgan fingerprint density at radius 1 is 1.42 bits per heavy atom. The molecule has 9 heteroatoms. The van der Waals surface area contributed by atoms with Gasteiger partial charge in [0.2, 0.25) is 6.10 Å². The predicted molar refractivity (Wildman–Crippen MR) is 95.0 cm³/mol. The molecular weight excluding hydrogens is 386 g/mol. The van der Waals surface area contributed by atoms with Crippen LogP contribution >= 0.6 is 22.9 Å². The Hall–Kier alpha value is -2.19. The molecule has 1 aromatic carbocycles. The number of nitrogens with zero attached hydrogens (tertiary/aromatic N) is 1. The molecule has 0 fully saturated rings. The van der Waals surface area contributed by atoms with Crippen LogP contribution in [0.4, 0.5) is 8.78 Å². The number of benzene rings is 1. The summed E-state index contributed by atoms with van der Waals surface area (Å²) in [5.41, 5.74) is 1.31. The van der Waals surface area contributed by atoms with Crippen molar-refractivity contribution >= 4 is 34.6 Å². The quantitative estimate of drug-likeness (QED) is 0.783. The van der Waals surface area contributed by atoms with Crippen LogP contribution in [0.25, 0.3) is 0 Å². The molecule has 2 heterocycles. The van der Waals surface area contributed by atoms with E-state index < -0.39 is 18.8 Å². The molecule has 2 atom stereocenters. The van der Waals surface area contributed by atoms with E-state index in [1.54, 1.807) is 25.1 Å². The van der Waals surface area contributed by atoms with E-state index in [-0.39, 0.29) is 11.7 Å². The van der Waals surface area contributed by atoms with E-state index in [0.717, 1.165) is 4.88 Å². The third-order valence-electron chi connectivity index (χ3n) is 3.76.